The maximum Gasteiger partial charge on any atom is 0.253 e. The maximum atomic E-state index is 11.9. The van der Waals surface area contributed by atoms with Crippen molar-refractivity contribution in [3.8, 4) is 0 Å². The molecule has 2 rings (SSSR count). The third-order valence-electron chi connectivity index (χ3n) is 2.66. The van der Waals surface area contributed by atoms with E-state index >= 15 is 0 Å². The van der Waals surface area contributed by atoms with Crippen molar-refractivity contribution < 1.29 is 9.59 Å². The molecule has 0 aliphatic carbocycles. The molecule has 1 N–H and O–H groups in total. The van der Waals surface area contributed by atoms with E-state index in [1.165, 1.54) is 28.0 Å². The van der Waals surface area contributed by atoms with E-state index in [1.54, 1.807) is 38.4 Å². The summed E-state index contributed by atoms with van der Waals surface area (Å²) < 4.78 is 0.777. The van der Waals surface area contributed by atoms with E-state index in [0.717, 1.165) is 9.35 Å². The molecule has 22 heavy (non-hydrogen) atoms. The third-order valence-corrected chi connectivity index (χ3v) is 4.63. The highest BCUT2D eigenvalue weighted by molar-refractivity contribution is 8.01. The molecule has 1 aromatic heterocycles. The fourth-order valence-electron chi connectivity index (χ4n) is 1.62. The summed E-state index contributed by atoms with van der Waals surface area (Å²) in [6.07, 6.45) is 0. The molecule has 1 aromatic carbocycles. The number of hydrogen-bond acceptors (Lipinski definition) is 6. The van der Waals surface area contributed by atoms with Crippen molar-refractivity contribution in [3.63, 3.8) is 0 Å². The van der Waals surface area contributed by atoms with Crippen LogP contribution in [0.3, 0.4) is 0 Å². The molecule has 0 atom stereocenters. The Labute approximate surface area is 136 Å². The molecule has 116 valence electrons. The van der Waals surface area contributed by atoms with E-state index in [1.807, 2.05) is 6.92 Å². The van der Waals surface area contributed by atoms with Gasteiger partial charge in [0, 0.05) is 25.3 Å². The number of thioether (sulfide) groups is 1. The van der Waals surface area contributed by atoms with Gasteiger partial charge in [-0.3, -0.25) is 9.59 Å². The van der Waals surface area contributed by atoms with Crippen LogP contribution in [-0.4, -0.2) is 46.8 Å². The number of amides is 2. The van der Waals surface area contributed by atoms with Crippen molar-refractivity contribution in [3.05, 3.63) is 34.8 Å². The molecule has 8 heteroatoms. The first-order chi connectivity index (χ1) is 10.5. The van der Waals surface area contributed by atoms with Crippen LogP contribution in [0.1, 0.15) is 15.4 Å². The number of benzene rings is 1. The Morgan fingerprint density at radius 3 is 2.45 bits per heavy atom. The predicted molar refractivity (Wildman–Crippen MR) is 88.5 cm³/mol. The number of aryl methyl sites for hydroxylation is 1. The maximum absolute atomic E-state index is 11.9. The summed E-state index contributed by atoms with van der Waals surface area (Å²) in [6, 6.07) is 6.82. The monoisotopic (exact) mass is 336 g/mol. The van der Waals surface area contributed by atoms with Gasteiger partial charge in [0.1, 0.15) is 5.01 Å². The van der Waals surface area contributed by atoms with Gasteiger partial charge in [-0.25, -0.2) is 0 Å². The summed E-state index contributed by atoms with van der Waals surface area (Å²) in [6.45, 7) is 1.87. The zero-order valence-electron chi connectivity index (χ0n) is 12.5. The summed E-state index contributed by atoms with van der Waals surface area (Å²) in [4.78, 5) is 25.1. The Hall–Kier alpha value is -1.93. The molecule has 0 saturated carbocycles. The lowest BCUT2D eigenvalue weighted by molar-refractivity contribution is -0.113. The van der Waals surface area contributed by atoms with Gasteiger partial charge in [0.05, 0.1) is 5.75 Å². The van der Waals surface area contributed by atoms with Crippen LogP contribution in [0.2, 0.25) is 0 Å². The van der Waals surface area contributed by atoms with Crippen molar-refractivity contribution in [1.29, 1.82) is 0 Å². The molecule has 1 heterocycles. The molecular formula is C14H16N4O2S2. The van der Waals surface area contributed by atoms with Gasteiger partial charge in [-0.15, -0.1) is 10.2 Å². The summed E-state index contributed by atoms with van der Waals surface area (Å²) >= 11 is 2.82. The number of hydrogen-bond donors (Lipinski definition) is 1. The van der Waals surface area contributed by atoms with E-state index in [2.05, 4.69) is 15.5 Å². The van der Waals surface area contributed by atoms with E-state index in [4.69, 9.17) is 0 Å². The van der Waals surface area contributed by atoms with Gasteiger partial charge in [0.2, 0.25) is 5.91 Å². The molecular weight excluding hydrogens is 320 g/mol. The van der Waals surface area contributed by atoms with Crippen LogP contribution < -0.4 is 5.32 Å². The van der Waals surface area contributed by atoms with E-state index < -0.39 is 0 Å². The highest BCUT2D eigenvalue weighted by atomic mass is 32.2. The van der Waals surface area contributed by atoms with E-state index in [-0.39, 0.29) is 17.6 Å². The lowest BCUT2D eigenvalue weighted by Crippen LogP contribution is -2.21. The number of rotatable bonds is 5. The quantitative estimate of drug-likeness (QED) is 0.848. The normalized spacial score (nSPS) is 10.3. The molecule has 0 aliphatic heterocycles. The second-order valence-electron chi connectivity index (χ2n) is 4.70. The van der Waals surface area contributed by atoms with Crippen LogP contribution in [0.25, 0.3) is 0 Å². The van der Waals surface area contributed by atoms with Crippen molar-refractivity contribution in [2.45, 2.75) is 11.3 Å². The fourth-order valence-corrected chi connectivity index (χ4v) is 3.23. The standard InChI is InChI=1S/C14H16N4O2S2/c1-9-16-17-14(22-9)21-8-12(19)15-11-6-4-10(5-7-11)13(20)18(2)3/h4-7H,8H2,1-3H3,(H,15,19). The largest absolute Gasteiger partial charge is 0.345 e. The van der Waals surface area contributed by atoms with Crippen molar-refractivity contribution >= 4 is 40.6 Å². The Morgan fingerprint density at radius 2 is 1.91 bits per heavy atom. The van der Waals surface area contributed by atoms with E-state index in [0.29, 0.717) is 11.3 Å². The van der Waals surface area contributed by atoms with E-state index in [9.17, 15) is 9.59 Å². The summed E-state index contributed by atoms with van der Waals surface area (Å²) in [5, 5.41) is 11.5. The molecule has 6 nitrogen and oxygen atoms in total. The van der Waals surface area contributed by atoms with Crippen LogP contribution in [0.4, 0.5) is 5.69 Å². The Morgan fingerprint density at radius 1 is 1.23 bits per heavy atom. The first-order valence-corrected chi connectivity index (χ1v) is 8.30. The fraction of sp³-hybridized carbons (Fsp3) is 0.286. The van der Waals surface area contributed by atoms with Crippen molar-refractivity contribution in [1.82, 2.24) is 15.1 Å². The summed E-state index contributed by atoms with van der Waals surface area (Å²) in [5.74, 6) is 0.0807. The Balaban J connectivity index is 1.87. The van der Waals surface area contributed by atoms with Crippen LogP contribution in [0.15, 0.2) is 28.6 Å². The zero-order chi connectivity index (χ0) is 16.1. The van der Waals surface area contributed by atoms with Gasteiger partial charge >= 0.3 is 0 Å². The lowest BCUT2D eigenvalue weighted by atomic mass is 10.2. The van der Waals surface area contributed by atoms with Crippen molar-refractivity contribution in [2.75, 3.05) is 25.2 Å². The van der Waals surface area contributed by atoms with Crippen LogP contribution in [-0.2, 0) is 4.79 Å². The predicted octanol–water partition coefficient (Wildman–Crippen LogP) is 2.28. The molecule has 0 spiro atoms. The van der Waals surface area contributed by atoms with Gasteiger partial charge in [-0.1, -0.05) is 23.1 Å². The Kier molecular flexibility index (Phi) is 5.51. The van der Waals surface area contributed by atoms with Crippen molar-refractivity contribution in [2.24, 2.45) is 0 Å². The number of nitrogens with one attached hydrogen (secondary N) is 1. The lowest BCUT2D eigenvalue weighted by Gasteiger charge is -2.10. The molecule has 2 aromatic rings. The Bertz CT molecular complexity index is 668. The topological polar surface area (TPSA) is 75.2 Å². The number of nitrogens with zero attached hydrogens (tertiary/aromatic N) is 3. The number of carbonyl (C=O) groups excluding carboxylic acids is 2. The minimum absolute atomic E-state index is 0.0694. The van der Waals surface area contributed by atoms with Gasteiger partial charge in [0.25, 0.3) is 5.91 Å². The minimum atomic E-state index is -0.121. The first-order valence-electron chi connectivity index (χ1n) is 6.50. The third kappa shape index (κ3) is 4.54. The summed E-state index contributed by atoms with van der Waals surface area (Å²) in [5.41, 5.74) is 1.25. The molecule has 0 fully saturated rings. The molecule has 0 unspecified atom stereocenters. The first kappa shape index (κ1) is 16.4. The number of aromatic nitrogens is 2. The smallest absolute Gasteiger partial charge is 0.253 e. The van der Waals surface area contributed by atoms with Gasteiger partial charge in [0.15, 0.2) is 4.34 Å². The minimum Gasteiger partial charge on any atom is -0.345 e. The van der Waals surface area contributed by atoms with Gasteiger partial charge in [-0.2, -0.15) is 0 Å². The van der Waals surface area contributed by atoms with Crippen LogP contribution in [0, 0.1) is 6.92 Å². The van der Waals surface area contributed by atoms with Crippen LogP contribution >= 0.6 is 23.1 Å². The average Bonchev–Trinajstić information content (AvgIpc) is 2.91. The van der Waals surface area contributed by atoms with Gasteiger partial charge in [-0.05, 0) is 31.2 Å². The molecule has 0 aliphatic rings. The average molecular weight is 336 g/mol. The number of carbonyl (C=O) groups is 2. The summed E-state index contributed by atoms with van der Waals surface area (Å²) in [7, 11) is 3.40. The number of anilines is 1. The second kappa shape index (κ2) is 7.37. The highest BCUT2D eigenvalue weighted by Crippen LogP contribution is 2.22. The van der Waals surface area contributed by atoms with Crippen LogP contribution in [0.5, 0.6) is 0 Å². The van der Waals surface area contributed by atoms with Gasteiger partial charge < -0.3 is 10.2 Å². The molecule has 0 bridgehead atoms. The SMILES string of the molecule is Cc1nnc(SCC(=O)Nc2ccc(C(=O)N(C)C)cc2)s1. The molecule has 2 amide bonds. The molecule has 0 saturated heterocycles. The highest BCUT2D eigenvalue weighted by Gasteiger charge is 2.09. The second-order valence-corrected chi connectivity index (χ2v) is 7.10. The zero-order valence-corrected chi connectivity index (χ0v) is 14.1. The molecule has 0 radical (unpaired) electrons.